The number of benzene rings is 1. The van der Waals surface area contributed by atoms with Crippen LogP contribution in [-0.2, 0) is 21.2 Å². The van der Waals surface area contributed by atoms with Crippen molar-refractivity contribution in [1.29, 1.82) is 0 Å². The van der Waals surface area contributed by atoms with Crippen molar-refractivity contribution in [3.63, 3.8) is 0 Å². The lowest BCUT2D eigenvalue weighted by Gasteiger charge is -2.15. The van der Waals surface area contributed by atoms with Crippen LogP contribution in [0.25, 0.3) is 10.7 Å². The van der Waals surface area contributed by atoms with Crippen molar-refractivity contribution in [2.75, 3.05) is 19.4 Å². The smallest absolute Gasteiger partial charge is 0.244 e. The van der Waals surface area contributed by atoms with Gasteiger partial charge in [-0.15, -0.1) is 11.3 Å². The van der Waals surface area contributed by atoms with Crippen molar-refractivity contribution >= 4 is 33.0 Å². The second-order valence-corrected chi connectivity index (χ2v) is 8.85. The van der Waals surface area contributed by atoms with Crippen LogP contribution in [0.15, 0.2) is 58.9 Å². The lowest BCUT2D eigenvalue weighted by atomic mass is 10.3. The number of amides is 1. The number of nitrogens with one attached hydrogen (secondary N) is 1. The molecular weight excluding hydrogens is 384 g/mol. The van der Waals surface area contributed by atoms with Crippen LogP contribution in [0.1, 0.15) is 5.69 Å². The molecule has 0 unspecified atom stereocenters. The Hall–Kier alpha value is -2.62. The van der Waals surface area contributed by atoms with Gasteiger partial charge in [0.2, 0.25) is 15.9 Å². The number of pyridine rings is 1. The second kappa shape index (κ2) is 7.95. The van der Waals surface area contributed by atoms with Gasteiger partial charge in [-0.25, -0.2) is 17.7 Å². The molecule has 0 aliphatic rings. The fourth-order valence-electron chi connectivity index (χ4n) is 2.35. The summed E-state index contributed by atoms with van der Waals surface area (Å²) in [5.74, 6) is -0.339. The van der Waals surface area contributed by atoms with E-state index in [0.29, 0.717) is 5.69 Å². The molecule has 3 aromatic rings. The molecule has 3 rings (SSSR count). The minimum atomic E-state index is -3.66. The molecule has 0 aliphatic heterocycles. The SMILES string of the molecule is CN(C)S(=O)(=O)c1ccccc1NC(=O)Cc1csc(-c2ccccn2)n1. The standard InChI is InChI=1S/C18H18N4O3S2/c1-22(2)27(24,25)16-9-4-3-7-14(16)21-17(23)11-13-12-26-18(20-13)15-8-5-6-10-19-15/h3-10,12H,11H2,1-2H3,(H,21,23). The highest BCUT2D eigenvalue weighted by atomic mass is 32.2. The number of nitrogens with zero attached hydrogens (tertiary/aromatic N) is 3. The van der Waals surface area contributed by atoms with Crippen molar-refractivity contribution < 1.29 is 13.2 Å². The third-order valence-electron chi connectivity index (χ3n) is 3.70. The summed E-state index contributed by atoms with van der Waals surface area (Å²) in [4.78, 5) is 21.1. The number of para-hydroxylation sites is 1. The predicted octanol–water partition coefficient (Wildman–Crippen LogP) is 2.64. The average molecular weight is 403 g/mol. The van der Waals surface area contributed by atoms with Gasteiger partial charge in [-0.1, -0.05) is 18.2 Å². The molecule has 0 aliphatic carbocycles. The number of sulfonamides is 1. The van der Waals surface area contributed by atoms with Gasteiger partial charge in [0.25, 0.3) is 0 Å². The number of hydrogen-bond acceptors (Lipinski definition) is 6. The van der Waals surface area contributed by atoms with E-state index in [9.17, 15) is 13.2 Å². The van der Waals surface area contributed by atoms with Gasteiger partial charge in [0.15, 0.2) is 0 Å². The summed E-state index contributed by atoms with van der Waals surface area (Å²) in [6, 6.07) is 11.9. The molecule has 27 heavy (non-hydrogen) atoms. The molecule has 7 nitrogen and oxygen atoms in total. The summed E-state index contributed by atoms with van der Waals surface area (Å²) in [6.45, 7) is 0. The lowest BCUT2D eigenvalue weighted by Crippen LogP contribution is -2.24. The van der Waals surface area contributed by atoms with Gasteiger partial charge in [-0.2, -0.15) is 0 Å². The van der Waals surface area contributed by atoms with Crippen molar-refractivity contribution in [2.24, 2.45) is 0 Å². The number of anilines is 1. The van der Waals surface area contributed by atoms with Crippen LogP contribution in [0.4, 0.5) is 5.69 Å². The summed E-state index contributed by atoms with van der Waals surface area (Å²) in [5, 5.41) is 5.20. The van der Waals surface area contributed by atoms with Crippen molar-refractivity contribution in [2.45, 2.75) is 11.3 Å². The molecule has 0 atom stereocenters. The number of thiazole rings is 1. The first-order valence-corrected chi connectivity index (χ1v) is 10.4. The van der Waals surface area contributed by atoms with E-state index in [4.69, 9.17) is 0 Å². The fourth-order valence-corrected chi connectivity index (χ4v) is 4.18. The Kier molecular flexibility index (Phi) is 5.64. The maximum Gasteiger partial charge on any atom is 0.244 e. The van der Waals surface area contributed by atoms with Crippen molar-refractivity contribution in [1.82, 2.24) is 14.3 Å². The minimum Gasteiger partial charge on any atom is -0.325 e. The third-order valence-corrected chi connectivity index (χ3v) is 6.48. The van der Waals surface area contributed by atoms with Crippen LogP contribution in [0.2, 0.25) is 0 Å². The predicted molar refractivity (Wildman–Crippen MR) is 105 cm³/mol. The number of carbonyl (C=O) groups excluding carboxylic acids is 1. The van der Waals surface area contributed by atoms with Crippen molar-refractivity contribution in [3.05, 3.63) is 59.7 Å². The number of rotatable bonds is 6. The Morgan fingerprint density at radius 3 is 2.59 bits per heavy atom. The normalized spacial score (nSPS) is 11.5. The van der Waals surface area contributed by atoms with E-state index in [-0.39, 0.29) is 22.9 Å². The molecule has 2 heterocycles. The Labute approximate surface area is 161 Å². The van der Waals surface area contributed by atoms with Gasteiger partial charge in [-0.3, -0.25) is 9.78 Å². The number of hydrogen-bond donors (Lipinski definition) is 1. The summed E-state index contributed by atoms with van der Waals surface area (Å²) in [6.07, 6.45) is 1.73. The summed E-state index contributed by atoms with van der Waals surface area (Å²) in [7, 11) is -0.768. The van der Waals surface area contributed by atoms with Gasteiger partial charge in [0.05, 0.1) is 23.5 Å². The molecule has 0 fully saturated rings. The van der Waals surface area contributed by atoms with Crippen LogP contribution < -0.4 is 5.32 Å². The summed E-state index contributed by atoms with van der Waals surface area (Å²) < 4.78 is 25.9. The quantitative estimate of drug-likeness (QED) is 0.684. The van der Waals surface area contributed by atoms with E-state index in [2.05, 4.69) is 15.3 Å². The van der Waals surface area contributed by atoms with Gasteiger partial charge in [0.1, 0.15) is 9.90 Å². The Morgan fingerprint density at radius 2 is 1.89 bits per heavy atom. The molecule has 0 radical (unpaired) electrons. The molecule has 0 saturated heterocycles. The second-order valence-electron chi connectivity index (χ2n) is 5.87. The molecule has 1 N–H and O–H groups in total. The van der Waals surface area contributed by atoms with Crippen LogP contribution >= 0.6 is 11.3 Å². The average Bonchev–Trinajstić information content (AvgIpc) is 3.11. The molecule has 9 heteroatoms. The highest BCUT2D eigenvalue weighted by Crippen LogP contribution is 2.24. The highest BCUT2D eigenvalue weighted by molar-refractivity contribution is 7.89. The van der Waals surface area contributed by atoms with Gasteiger partial charge in [0, 0.05) is 25.7 Å². The number of aromatic nitrogens is 2. The van der Waals surface area contributed by atoms with Crippen molar-refractivity contribution in [3.8, 4) is 10.7 Å². The fraction of sp³-hybridized carbons (Fsp3) is 0.167. The minimum absolute atomic E-state index is 0.0413. The lowest BCUT2D eigenvalue weighted by molar-refractivity contribution is -0.115. The molecule has 0 bridgehead atoms. The number of carbonyl (C=O) groups is 1. The highest BCUT2D eigenvalue weighted by Gasteiger charge is 2.22. The maximum atomic E-state index is 12.4. The molecule has 0 spiro atoms. The topological polar surface area (TPSA) is 92.3 Å². The zero-order valence-electron chi connectivity index (χ0n) is 14.8. The molecule has 140 valence electrons. The Bertz CT molecular complexity index is 1050. The van der Waals surface area contributed by atoms with Gasteiger partial charge >= 0.3 is 0 Å². The van der Waals surface area contributed by atoms with E-state index in [1.165, 1.54) is 31.5 Å². The zero-order chi connectivity index (χ0) is 19.4. The van der Waals surface area contributed by atoms with Crippen LogP contribution in [0, 0.1) is 0 Å². The first kappa shape index (κ1) is 19.2. The van der Waals surface area contributed by atoms with Gasteiger partial charge in [-0.05, 0) is 24.3 Å². The van der Waals surface area contributed by atoms with E-state index in [1.807, 2.05) is 18.2 Å². The first-order valence-electron chi connectivity index (χ1n) is 8.05. The largest absolute Gasteiger partial charge is 0.325 e. The summed E-state index contributed by atoms with van der Waals surface area (Å²) in [5.41, 5.74) is 1.60. The van der Waals surface area contributed by atoms with Crippen LogP contribution in [0.5, 0.6) is 0 Å². The monoisotopic (exact) mass is 402 g/mol. The third kappa shape index (κ3) is 4.38. The van der Waals surface area contributed by atoms with E-state index in [0.717, 1.165) is 15.0 Å². The Morgan fingerprint density at radius 1 is 1.15 bits per heavy atom. The van der Waals surface area contributed by atoms with Crippen LogP contribution in [-0.4, -0.2) is 42.7 Å². The van der Waals surface area contributed by atoms with E-state index >= 15 is 0 Å². The molecule has 1 amide bonds. The molecular formula is C18H18N4O3S2. The molecule has 1 aromatic carbocycles. The zero-order valence-corrected chi connectivity index (χ0v) is 16.4. The van der Waals surface area contributed by atoms with E-state index < -0.39 is 10.0 Å². The first-order chi connectivity index (χ1) is 12.9. The van der Waals surface area contributed by atoms with E-state index in [1.54, 1.807) is 29.8 Å². The molecule has 2 aromatic heterocycles. The van der Waals surface area contributed by atoms with Gasteiger partial charge < -0.3 is 5.32 Å². The maximum absolute atomic E-state index is 12.4. The summed E-state index contributed by atoms with van der Waals surface area (Å²) >= 11 is 1.41. The van der Waals surface area contributed by atoms with Crippen LogP contribution in [0.3, 0.4) is 0 Å². The molecule has 0 saturated carbocycles. The Balaban J connectivity index is 1.75.